The van der Waals surface area contributed by atoms with Gasteiger partial charge < -0.3 is 4.90 Å². The van der Waals surface area contributed by atoms with Gasteiger partial charge in [0.15, 0.2) is 0 Å². The molecule has 0 unspecified atom stereocenters. The molecule has 0 N–H and O–H groups in total. The maximum absolute atomic E-state index is 12.6. The summed E-state index contributed by atoms with van der Waals surface area (Å²) in [5.41, 5.74) is 7.88. The van der Waals surface area contributed by atoms with Crippen molar-refractivity contribution in [3.05, 3.63) is 52.7 Å². The summed E-state index contributed by atoms with van der Waals surface area (Å²) in [5, 5.41) is 18.2. The number of hydrogen-bond acceptors (Lipinski definition) is 5. The molecule has 29 heavy (non-hydrogen) atoms. The summed E-state index contributed by atoms with van der Waals surface area (Å²) < 4.78 is 3.72. The Balaban J connectivity index is 1.67. The number of carbonyl (C=O) groups excluding carboxylic acids is 1. The molecule has 2 aliphatic rings. The normalized spacial score (nSPS) is 16.3. The van der Waals surface area contributed by atoms with E-state index in [-0.39, 0.29) is 5.91 Å². The molecule has 1 aliphatic heterocycles. The van der Waals surface area contributed by atoms with Crippen molar-refractivity contribution < 1.29 is 4.79 Å². The molecule has 8 heteroatoms. The van der Waals surface area contributed by atoms with Gasteiger partial charge >= 0.3 is 0 Å². The Hall–Kier alpha value is -3.29. The number of carbonyl (C=O) groups is 1. The number of fused-ring (bicyclic) bond motifs is 6. The molecule has 1 amide bonds. The van der Waals surface area contributed by atoms with Crippen LogP contribution in [0.25, 0.3) is 16.8 Å². The molecule has 0 saturated carbocycles. The van der Waals surface area contributed by atoms with E-state index in [9.17, 15) is 4.79 Å². The van der Waals surface area contributed by atoms with Gasteiger partial charge in [-0.3, -0.25) is 14.2 Å². The number of allylic oxidation sites excluding steroid dienone is 1. The molecular weight excluding hydrogens is 366 g/mol. The van der Waals surface area contributed by atoms with Gasteiger partial charge in [-0.15, -0.1) is 0 Å². The summed E-state index contributed by atoms with van der Waals surface area (Å²) >= 11 is 0. The fourth-order valence-electron chi connectivity index (χ4n) is 4.15. The molecule has 5 rings (SSSR count). The third kappa shape index (κ3) is 3.04. The highest BCUT2D eigenvalue weighted by molar-refractivity contribution is 5.86. The van der Waals surface area contributed by atoms with Crippen LogP contribution < -0.4 is 0 Å². The van der Waals surface area contributed by atoms with Gasteiger partial charge in [0.25, 0.3) is 0 Å². The topological polar surface area (TPSA) is 81.7 Å². The van der Waals surface area contributed by atoms with Crippen molar-refractivity contribution in [2.24, 2.45) is 7.05 Å². The van der Waals surface area contributed by atoms with E-state index in [1.165, 1.54) is 0 Å². The Bertz CT molecular complexity index is 1150. The molecule has 4 heterocycles. The fourth-order valence-corrected chi connectivity index (χ4v) is 4.15. The van der Waals surface area contributed by atoms with Gasteiger partial charge in [0, 0.05) is 62.6 Å². The van der Waals surface area contributed by atoms with Crippen LogP contribution in [-0.2, 0) is 31.4 Å². The molecule has 0 radical (unpaired) electrons. The third-order valence-electron chi connectivity index (χ3n) is 5.67. The average molecular weight is 389 g/mol. The maximum atomic E-state index is 12.6. The van der Waals surface area contributed by atoms with Crippen LogP contribution in [0.2, 0.25) is 0 Å². The first kappa shape index (κ1) is 17.8. The van der Waals surface area contributed by atoms with Crippen molar-refractivity contribution in [2.75, 3.05) is 7.05 Å². The average Bonchev–Trinajstić information content (AvgIpc) is 3.37. The highest BCUT2D eigenvalue weighted by atomic mass is 16.2. The second kappa shape index (κ2) is 6.65. The zero-order chi connectivity index (χ0) is 20.1. The number of hydrogen-bond donors (Lipinski definition) is 0. The number of aromatic nitrogens is 6. The first-order valence-corrected chi connectivity index (χ1v) is 9.88. The van der Waals surface area contributed by atoms with Gasteiger partial charge in [-0.05, 0) is 25.0 Å². The van der Waals surface area contributed by atoms with Crippen LogP contribution in [0.3, 0.4) is 0 Å². The van der Waals surface area contributed by atoms with Gasteiger partial charge in [-0.25, -0.2) is 0 Å². The van der Waals surface area contributed by atoms with Crippen LogP contribution in [0.5, 0.6) is 0 Å². The number of rotatable bonds is 0. The summed E-state index contributed by atoms with van der Waals surface area (Å²) in [5.74, 6) is 0.101. The number of amides is 1. The summed E-state index contributed by atoms with van der Waals surface area (Å²) in [7, 11) is 3.71. The molecular formula is C21H23N7O. The number of aryl methyl sites for hydroxylation is 3. The van der Waals surface area contributed by atoms with Crippen molar-refractivity contribution in [1.82, 2.24) is 34.7 Å². The number of nitrogens with zero attached hydrogens (tertiary/aromatic N) is 7. The molecule has 0 aromatic carbocycles. The summed E-state index contributed by atoms with van der Waals surface area (Å²) in [4.78, 5) is 14.3. The monoisotopic (exact) mass is 389 g/mol. The van der Waals surface area contributed by atoms with E-state index in [2.05, 4.69) is 38.7 Å². The summed E-state index contributed by atoms with van der Waals surface area (Å²) in [6, 6.07) is 2.10. The molecule has 0 fully saturated rings. The van der Waals surface area contributed by atoms with E-state index < -0.39 is 0 Å². The Morgan fingerprint density at radius 1 is 1.00 bits per heavy atom. The zero-order valence-corrected chi connectivity index (χ0v) is 16.9. The van der Waals surface area contributed by atoms with Gasteiger partial charge in [0.1, 0.15) is 0 Å². The van der Waals surface area contributed by atoms with Crippen LogP contribution in [-0.4, -0.2) is 47.6 Å². The highest BCUT2D eigenvalue weighted by Crippen LogP contribution is 2.35. The Morgan fingerprint density at radius 3 is 2.72 bits per heavy atom. The first-order valence-electron chi connectivity index (χ1n) is 9.88. The lowest BCUT2D eigenvalue weighted by atomic mass is 10.0. The summed E-state index contributed by atoms with van der Waals surface area (Å²) in [6.07, 6.45) is 8.24. The minimum Gasteiger partial charge on any atom is -0.340 e. The zero-order valence-electron chi connectivity index (χ0n) is 16.9. The lowest BCUT2D eigenvalue weighted by Crippen LogP contribution is -2.26. The lowest BCUT2D eigenvalue weighted by Gasteiger charge is -2.16. The van der Waals surface area contributed by atoms with Gasteiger partial charge in [0.05, 0.1) is 29.3 Å². The SMILES string of the molecule is Cc1nn2cc1C1=CCc3nnc(cc31)-c1cn(C)nc1CN(C)C(=O)CCC2. The molecule has 148 valence electrons. The minimum atomic E-state index is 0.101. The molecule has 1 aliphatic carbocycles. The predicted octanol–water partition coefficient (Wildman–Crippen LogP) is 2.12. The van der Waals surface area contributed by atoms with Crippen molar-refractivity contribution in [3.8, 4) is 11.3 Å². The minimum absolute atomic E-state index is 0.101. The Morgan fingerprint density at radius 2 is 1.86 bits per heavy atom. The van der Waals surface area contributed by atoms with Crippen molar-refractivity contribution in [3.63, 3.8) is 0 Å². The standard InChI is InChI=1S/C21H23N7O/c1-13-16-11-28(24-13)8-4-5-21(29)26(2)12-20-17(10-27(3)25-20)19-9-15-14(16)6-7-18(15)22-23-19/h6,9-11H,4-5,7-8,12H2,1-3H3. The van der Waals surface area contributed by atoms with Crippen molar-refractivity contribution in [2.45, 2.75) is 39.3 Å². The quantitative estimate of drug-likeness (QED) is 0.588. The molecule has 8 nitrogen and oxygen atoms in total. The van der Waals surface area contributed by atoms with Crippen LogP contribution in [0.1, 0.15) is 41.1 Å². The molecule has 4 bridgehead atoms. The Labute approximate surface area is 168 Å². The third-order valence-corrected chi connectivity index (χ3v) is 5.67. The first-order chi connectivity index (χ1) is 14.0. The molecule has 0 saturated heterocycles. The smallest absolute Gasteiger partial charge is 0.222 e. The largest absolute Gasteiger partial charge is 0.340 e. The molecule has 3 aromatic rings. The van der Waals surface area contributed by atoms with E-state index in [0.717, 1.165) is 64.4 Å². The predicted molar refractivity (Wildman–Crippen MR) is 108 cm³/mol. The lowest BCUT2D eigenvalue weighted by molar-refractivity contribution is -0.130. The highest BCUT2D eigenvalue weighted by Gasteiger charge is 2.24. The van der Waals surface area contributed by atoms with Gasteiger partial charge in [0.2, 0.25) is 5.91 Å². The van der Waals surface area contributed by atoms with Gasteiger partial charge in [-0.2, -0.15) is 20.4 Å². The molecule has 3 aromatic heterocycles. The summed E-state index contributed by atoms with van der Waals surface area (Å²) in [6.45, 7) is 3.19. The van der Waals surface area contributed by atoms with Crippen molar-refractivity contribution >= 4 is 11.5 Å². The second-order valence-electron chi connectivity index (χ2n) is 7.82. The van der Waals surface area contributed by atoms with E-state index in [0.29, 0.717) is 13.0 Å². The van der Waals surface area contributed by atoms with E-state index >= 15 is 0 Å². The molecule has 0 spiro atoms. The van der Waals surface area contributed by atoms with Gasteiger partial charge in [-0.1, -0.05) is 6.08 Å². The maximum Gasteiger partial charge on any atom is 0.222 e. The van der Waals surface area contributed by atoms with Crippen LogP contribution in [0.15, 0.2) is 24.5 Å². The van der Waals surface area contributed by atoms with Crippen LogP contribution in [0, 0.1) is 6.92 Å². The van der Waals surface area contributed by atoms with E-state index in [1.54, 1.807) is 9.58 Å². The van der Waals surface area contributed by atoms with Crippen LogP contribution in [0.4, 0.5) is 0 Å². The van der Waals surface area contributed by atoms with Crippen molar-refractivity contribution in [1.29, 1.82) is 0 Å². The van der Waals surface area contributed by atoms with E-state index in [4.69, 9.17) is 0 Å². The Kier molecular flexibility index (Phi) is 4.08. The molecule has 0 atom stereocenters. The fraction of sp³-hybridized carbons (Fsp3) is 0.381. The second-order valence-corrected chi connectivity index (χ2v) is 7.82. The van der Waals surface area contributed by atoms with E-state index in [1.807, 2.05) is 31.9 Å². The van der Waals surface area contributed by atoms with Crippen LogP contribution >= 0.6 is 0 Å².